The Balaban J connectivity index is 2.24. The molecule has 3 N–H and O–H groups in total. The fourth-order valence-electron chi connectivity index (χ4n) is 0.994. The van der Waals surface area contributed by atoms with Crippen molar-refractivity contribution in [1.82, 2.24) is 0 Å². The van der Waals surface area contributed by atoms with E-state index in [1.54, 1.807) is 24.3 Å². The Morgan fingerprint density at radius 2 is 2.25 bits per heavy atom. The molecule has 4 nitrogen and oxygen atoms in total. The van der Waals surface area contributed by atoms with Crippen LogP contribution in [0, 0.1) is 6.07 Å². The Morgan fingerprint density at radius 1 is 1.56 bits per heavy atom. The van der Waals surface area contributed by atoms with E-state index >= 15 is 0 Å². The van der Waals surface area contributed by atoms with Crippen LogP contribution in [0.4, 0.5) is 5.69 Å². The van der Waals surface area contributed by atoms with E-state index in [-0.39, 0.29) is 5.91 Å². The Bertz CT molecular complexity index is 343. The molecule has 0 aromatic heterocycles. The van der Waals surface area contributed by atoms with Crippen molar-refractivity contribution >= 4 is 29.6 Å². The lowest BCUT2D eigenvalue weighted by molar-refractivity contribution is -0.114. The number of carbonyl (C=O) groups excluding carboxylic acids is 2. The second-order valence-electron chi connectivity index (χ2n) is 3.15. The smallest absolute Gasteiger partial charge is 0.234 e. The number of thioether (sulfide) groups is 1. The van der Waals surface area contributed by atoms with Crippen molar-refractivity contribution in [3.05, 3.63) is 30.3 Å². The van der Waals surface area contributed by atoms with Crippen LogP contribution in [0.15, 0.2) is 24.3 Å². The summed E-state index contributed by atoms with van der Waals surface area (Å²) in [5, 5.41) is 2.72. The molecule has 1 aromatic carbocycles. The molecule has 0 heterocycles. The van der Waals surface area contributed by atoms with Gasteiger partial charge in [0.05, 0.1) is 11.8 Å². The predicted molar refractivity (Wildman–Crippen MR) is 65.3 cm³/mol. The number of amides is 1. The first-order chi connectivity index (χ1) is 7.72. The first kappa shape index (κ1) is 12.7. The van der Waals surface area contributed by atoms with Gasteiger partial charge in [0.2, 0.25) is 5.91 Å². The molecule has 0 spiro atoms. The average molecular weight is 237 g/mol. The van der Waals surface area contributed by atoms with Crippen molar-refractivity contribution in [2.75, 3.05) is 16.8 Å². The minimum Gasteiger partial charge on any atom is -0.325 e. The molecule has 0 saturated carbocycles. The van der Waals surface area contributed by atoms with E-state index in [1.165, 1.54) is 11.8 Å². The van der Waals surface area contributed by atoms with E-state index in [4.69, 9.17) is 5.73 Å². The normalized spacial score (nSPS) is 11.8. The van der Waals surface area contributed by atoms with Gasteiger partial charge < -0.3 is 15.8 Å². The largest absolute Gasteiger partial charge is 0.325 e. The topological polar surface area (TPSA) is 72.2 Å². The highest BCUT2D eigenvalue weighted by molar-refractivity contribution is 8.00. The second-order valence-corrected chi connectivity index (χ2v) is 4.18. The lowest BCUT2D eigenvalue weighted by atomic mass is 10.3. The highest BCUT2D eigenvalue weighted by atomic mass is 32.2. The van der Waals surface area contributed by atoms with Crippen LogP contribution >= 0.6 is 11.8 Å². The molecule has 0 unspecified atom stereocenters. The average Bonchev–Trinajstić information content (AvgIpc) is 2.30. The van der Waals surface area contributed by atoms with Gasteiger partial charge in [0.15, 0.2) is 0 Å². The molecule has 1 atom stereocenters. The maximum Gasteiger partial charge on any atom is 0.234 e. The summed E-state index contributed by atoms with van der Waals surface area (Å²) in [5.41, 5.74) is 6.13. The SMILES string of the molecule is N[C@H](C=O)CSCC(=O)Nc1cc[c]cc1. The molecule has 0 aliphatic rings. The second kappa shape index (κ2) is 7.03. The highest BCUT2D eigenvalue weighted by Gasteiger charge is 2.04. The summed E-state index contributed by atoms with van der Waals surface area (Å²) in [4.78, 5) is 21.6. The summed E-state index contributed by atoms with van der Waals surface area (Å²) in [6.45, 7) is 0. The van der Waals surface area contributed by atoms with Crippen LogP contribution in [0.3, 0.4) is 0 Å². The third-order valence-electron chi connectivity index (χ3n) is 1.72. The summed E-state index contributed by atoms with van der Waals surface area (Å²) < 4.78 is 0. The van der Waals surface area contributed by atoms with E-state index < -0.39 is 6.04 Å². The van der Waals surface area contributed by atoms with Gasteiger partial charge in [0.1, 0.15) is 6.29 Å². The van der Waals surface area contributed by atoms with E-state index in [0.29, 0.717) is 17.8 Å². The number of hydrogen-bond acceptors (Lipinski definition) is 4. The van der Waals surface area contributed by atoms with Crippen LogP contribution in [0.2, 0.25) is 0 Å². The van der Waals surface area contributed by atoms with Crippen molar-refractivity contribution in [3.8, 4) is 0 Å². The molecule has 0 bridgehead atoms. The number of rotatable bonds is 6. The molecule has 0 saturated heterocycles. The summed E-state index contributed by atoms with van der Waals surface area (Å²) >= 11 is 1.34. The van der Waals surface area contributed by atoms with Crippen LogP contribution < -0.4 is 11.1 Å². The summed E-state index contributed by atoms with van der Waals surface area (Å²) in [7, 11) is 0. The van der Waals surface area contributed by atoms with Gasteiger partial charge in [-0.05, 0) is 18.2 Å². The molecule has 1 amide bonds. The van der Waals surface area contributed by atoms with Gasteiger partial charge in [-0.2, -0.15) is 0 Å². The van der Waals surface area contributed by atoms with Gasteiger partial charge in [-0.3, -0.25) is 4.79 Å². The first-order valence-electron chi connectivity index (χ1n) is 4.77. The Kier molecular flexibility index (Phi) is 5.60. The standard InChI is InChI=1S/C11H13N2O2S/c12-9(6-14)7-16-8-11(15)13-10-4-2-1-3-5-10/h2-6,9H,7-8,12H2,(H,13,15)/t9-/m1/s1. The zero-order valence-electron chi connectivity index (χ0n) is 8.68. The van der Waals surface area contributed by atoms with Crippen LogP contribution in [0.5, 0.6) is 0 Å². The molecular formula is C11H13N2O2S. The number of benzene rings is 1. The number of carbonyl (C=O) groups is 2. The van der Waals surface area contributed by atoms with Crippen molar-refractivity contribution in [2.24, 2.45) is 5.73 Å². The van der Waals surface area contributed by atoms with Crippen LogP contribution in [0.25, 0.3) is 0 Å². The van der Waals surface area contributed by atoms with E-state index in [2.05, 4.69) is 11.4 Å². The number of nitrogens with two attached hydrogens (primary N) is 1. The van der Waals surface area contributed by atoms with Crippen LogP contribution in [0.1, 0.15) is 0 Å². The number of hydrogen-bond donors (Lipinski definition) is 2. The van der Waals surface area contributed by atoms with Gasteiger partial charge in [-0.25, -0.2) is 0 Å². The van der Waals surface area contributed by atoms with Gasteiger partial charge in [0.25, 0.3) is 0 Å². The molecule has 1 aromatic rings. The van der Waals surface area contributed by atoms with E-state index in [1.807, 2.05) is 0 Å². The molecule has 1 rings (SSSR count). The van der Waals surface area contributed by atoms with Crippen molar-refractivity contribution in [2.45, 2.75) is 6.04 Å². The zero-order chi connectivity index (χ0) is 11.8. The molecular weight excluding hydrogens is 224 g/mol. The molecule has 0 fully saturated rings. The van der Waals surface area contributed by atoms with E-state index in [9.17, 15) is 9.59 Å². The van der Waals surface area contributed by atoms with Crippen molar-refractivity contribution < 1.29 is 9.59 Å². The molecule has 1 radical (unpaired) electrons. The summed E-state index contributed by atoms with van der Waals surface area (Å²) in [6, 6.07) is 9.35. The minimum atomic E-state index is -0.496. The lowest BCUT2D eigenvalue weighted by Gasteiger charge is -2.05. The monoisotopic (exact) mass is 237 g/mol. The number of aldehydes is 1. The molecule has 5 heteroatoms. The molecule has 0 aliphatic heterocycles. The predicted octanol–water partition coefficient (Wildman–Crippen LogP) is 0.685. The number of anilines is 1. The van der Waals surface area contributed by atoms with Gasteiger partial charge in [0, 0.05) is 11.4 Å². The summed E-state index contributed by atoms with van der Waals surface area (Å²) in [5.74, 6) is 0.647. The highest BCUT2D eigenvalue weighted by Crippen LogP contribution is 2.07. The van der Waals surface area contributed by atoms with Gasteiger partial charge in [-0.15, -0.1) is 11.8 Å². The van der Waals surface area contributed by atoms with Gasteiger partial charge in [-0.1, -0.05) is 12.1 Å². The Labute approximate surface area is 98.6 Å². The fourth-order valence-corrected chi connectivity index (χ4v) is 1.72. The third-order valence-corrected chi connectivity index (χ3v) is 2.81. The Morgan fingerprint density at radius 3 is 2.88 bits per heavy atom. The van der Waals surface area contributed by atoms with E-state index in [0.717, 1.165) is 5.69 Å². The minimum absolute atomic E-state index is 0.103. The fraction of sp³-hybridized carbons (Fsp3) is 0.273. The zero-order valence-corrected chi connectivity index (χ0v) is 9.50. The first-order valence-corrected chi connectivity index (χ1v) is 5.92. The number of nitrogens with one attached hydrogen (secondary N) is 1. The van der Waals surface area contributed by atoms with Crippen molar-refractivity contribution in [3.63, 3.8) is 0 Å². The van der Waals surface area contributed by atoms with Crippen LogP contribution in [-0.4, -0.2) is 29.7 Å². The third kappa shape index (κ3) is 4.95. The Hall–Kier alpha value is -1.33. The quantitative estimate of drug-likeness (QED) is 0.714. The van der Waals surface area contributed by atoms with Crippen LogP contribution in [-0.2, 0) is 9.59 Å². The van der Waals surface area contributed by atoms with Gasteiger partial charge >= 0.3 is 0 Å². The van der Waals surface area contributed by atoms with Crippen molar-refractivity contribution in [1.29, 1.82) is 0 Å². The molecule has 85 valence electrons. The lowest BCUT2D eigenvalue weighted by Crippen LogP contribution is -2.25. The molecule has 16 heavy (non-hydrogen) atoms. The summed E-state index contributed by atoms with van der Waals surface area (Å²) in [6.07, 6.45) is 0.679. The molecule has 0 aliphatic carbocycles. The maximum atomic E-state index is 11.4. The maximum absolute atomic E-state index is 11.4.